The number of halogens is 1. The van der Waals surface area contributed by atoms with Gasteiger partial charge in [-0.05, 0) is 30.7 Å². The highest BCUT2D eigenvalue weighted by Gasteiger charge is 2.25. The largest absolute Gasteiger partial charge is 0.391 e. The Morgan fingerprint density at radius 2 is 2.17 bits per heavy atom. The first-order valence-electron chi connectivity index (χ1n) is 7.69. The summed E-state index contributed by atoms with van der Waals surface area (Å²) in [5.41, 5.74) is 1.55. The molecular weight excluding hydrogens is 328 g/mol. The molecule has 1 fully saturated rings. The lowest BCUT2D eigenvalue weighted by Crippen LogP contribution is -2.22. The summed E-state index contributed by atoms with van der Waals surface area (Å²) in [5.74, 6) is 1.62. The van der Waals surface area contributed by atoms with E-state index in [4.69, 9.17) is 16.1 Å². The predicted octanol–water partition coefficient (Wildman–Crippen LogP) is 3.02. The van der Waals surface area contributed by atoms with E-state index in [0.29, 0.717) is 23.3 Å². The highest BCUT2D eigenvalue weighted by Crippen LogP contribution is 2.31. The molecule has 122 valence electrons. The fourth-order valence-corrected chi connectivity index (χ4v) is 3.02. The van der Waals surface area contributed by atoms with Gasteiger partial charge in [-0.2, -0.15) is 4.98 Å². The average Bonchev–Trinajstić information content (AvgIpc) is 3.24. The van der Waals surface area contributed by atoms with Crippen molar-refractivity contribution in [2.45, 2.75) is 12.5 Å². The SMILES string of the molecule is OC1CCN(c2ncccc2-c2nc(-c3cccc(Cl)c3)no2)C1. The van der Waals surface area contributed by atoms with Crippen molar-refractivity contribution in [3.8, 4) is 22.8 Å². The molecule has 3 aromatic rings. The Hall–Kier alpha value is -2.44. The number of rotatable bonds is 3. The van der Waals surface area contributed by atoms with E-state index in [9.17, 15) is 5.11 Å². The van der Waals surface area contributed by atoms with Crippen LogP contribution in [0.5, 0.6) is 0 Å². The third-order valence-electron chi connectivity index (χ3n) is 3.99. The minimum atomic E-state index is -0.329. The number of hydrogen-bond acceptors (Lipinski definition) is 6. The molecule has 1 atom stereocenters. The second-order valence-electron chi connectivity index (χ2n) is 5.70. The molecule has 0 bridgehead atoms. The lowest BCUT2D eigenvalue weighted by molar-refractivity contribution is 0.198. The van der Waals surface area contributed by atoms with Gasteiger partial charge in [0.25, 0.3) is 5.89 Å². The van der Waals surface area contributed by atoms with Crippen molar-refractivity contribution in [3.05, 3.63) is 47.6 Å². The molecule has 2 aromatic heterocycles. The molecule has 24 heavy (non-hydrogen) atoms. The van der Waals surface area contributed by atoms with E-state index >= 15 is 0 Å². The zero-order valence-electron chi connectivity index (χ0n) is 12.8. The Labute approximate surface area is 143 Å². The first kappa shape index (κ1) is 15.1. The summed E-state index contributed by atoms with van der Waals surface area (Å²) < 4.78 is 5.44. The van der Waals surface area contributed by atoms with Gasteiger partial charge in [0, 0.05) is 29.9 Å². The van der Waals surface area contributed by atoms with Crippen LogP contribution in [0.2, 0.25) is 5.02 Å². The number of benzene rings is 1. The van der Waals surface area contributed by atoms with E-state index in [0.717, 1.165) is 29.9 Å². The molecule has 0 radical (unpaired) electrons. The fourth-order valence-electron chi connectivity index (χ4n) is 2.83. The topological polar surface area (TPSA) is 75.3 Å². The summed E-state index contributed by atoms with van der Waals surface area (Å²) in [6.45, 7) is 1.31. The monoisotopic (exact) mass is 342 g/mol. The van der Waals surface area contributed by atoms with Crippen LogP contribution in [0.1, 0.15) is 6.42 Å². The molecule has 1 aliphatic heterocycles. The second-order valence-corrected chi connectivity index (χ2v) is 6.13. The zero-order valence-corrected chi connectivity index (χ0v) is 13.5. The van der Waals surface area contributed by atoms with Gasteiger partial charge in [0.05, 0.1) is 11.7 Å². The van der Waals surface area contributed by atoms with E-state index in [1.165, 1.54) is 0 Å². The number of pyridine rings is 1. The average molecular weight is 343 g/mol. The van der Waals surface area contributed by atoms with Crippen LogP contribution in [0.25, 0.3) is 22.8 Å². The van der Waals surface area contributed by atoms with Gasteiger partial charge in [-0.1, -0.05) is 28.9 Å². The Kier molecular flexibility index (Phi) is 3.92. The molecule has 0 spiro atoms. The zero-order chi connectivity index (χ0) is 16.5. The summed E-state index contributed by atoms with van der Waals surface area (Å²) in [4.78, 5) is 10.9. The minimum absolute atomic E-state index is 0.329. The number of nitrogens with zero attached hydrogens (tertiary/aromatic N) is 4. The number of aliphatic hydroxyl groups excluding tert-OH is 1. The smallest absolute Gasteiger partial charge is 0.261 e. The quantitative estimate of drug-likeness (QED) is 0.788. The van der Waals surface area contributed by atoms with Crippen LogP contribution < -0.4 is 4.90 Å². The molecule has 0 amide bonds. The van der Waals surface area contributed by atoms with Crippen LogP contribution in [0, 0.1) is 0 Å². The van der Waals surface area contributed by atoms with Gasteiger partial charge in [0.15, 0.2) is 0 Å². The van der Waals surface area contributed by atoms with E-state index in [1.54, 1.807) is 18.3 Å². The molecule has 0 aliphatic carbocycles. The van der Waals surface area contributed by atoms with Crippen LogP contribution in [-0.2, 0) is 0 Å². The molecule has 7 heteroatoms. The Morgan fingerprint density at radius 3 is 2.96 bits per heavy atom. The van der Waals surface area contributed by atoms with Crippen LogP contribution >= 0.6 is 11.6 Å². The molecule has 1 N–H and O–H groups in total. The maximum absolute atomic E-state index is 9.77. The van der Waals surface area contributed by atoms with Gasteiger partial charge in [-0.3, -0.25) is 0 Å². The Morgan fingerprint density at radius 1 is 1.25 bits per heavy atom. The van der Waals surface area contributed by atoms with Gasteiger partial charge >= 0.3 is 0 Å². The first-order valence-corrected chi connectivity index (χ1v) is 8.06. The van der Waals surface area contributed by atoms with Crippen molar-refractivity contribution in [3.63, 3.8) is 0 Å². The van der Waals surface area contributed by atoms with Crippen molar-refractivity contribution in [1.29, 1.82) is 0 Å². The third kappa shape index (κ3) is 2.86. The number of hydrogen-bond donors (Lipinski definition) is 1. The number of anilines is 1. The number of aromatic nitrogens is 3. The molecule has 4 rings (SSSR count). The summed E-state index contributed by atoms with van der Waals surface area (Å²) in [7, 11) is 0. The number of aliphatic hydroxyl groups is 1. The van der Waals surface area contributed by atoms with Gasteiger partial charge in [-0.15, -0.1) is 0 Å². The van der Waals surface area contributed by atoms with Crippen LogP contribution in [0.4, 0.5) is 5.82 Å². The highest BCUT2D eigenvalue weighted by molar-refractivity contribution is 6.30. The van der Waals surface area contributed by atoms with Crippen molar-refractivity contribution < 1.29 is 9.63 Å². The molecule has 1 saturated heterocycles. The van der Waals surface area contributed by atoms with Crippen molar-refractivity contribution in [1.82, 2.24) is 15.1 Å². The molecule has 0 saturated carbocycles. The summed E-state index contributed by atoms with van der Waals surface area (Å²) in [5, 5.41) is 14.4. The minimum Gasteiger partial charge on any atom is -0.391 e. The lowest BCUT2D eigenvalue weighted by atomic mass is 10.2. The van der Waals surface area contributed by atoms with E-state index in [1.807, 2.05) is 29.2 Å². The first-order chi connectivity index (χ1) is 11.7. The third-order valence-corrected chi connectivity index (χ3v) is 4.22. The van der Waals surface area contributed by atoms with E-state index in [2.05, 4.69) is 15.1 Å². The summed E-state index contributed by atoms with van der Waals surface area (Å²) in [6.07, 6.45) is 2.12. The van der Waals surface area contributed by atoms with Crippen LogP contribution in [0.15, 0.2) is 47.1 Å². The maximum Gasteiger partial charge on any atom is 0.261 e. The Balaban J connectivity index is 1.70. The van der Waals surface area contributed by atoms with Crippen molar-refractivity contribution >= 4 is 17.4 Å². The second kappa shape index (κ2) is 6.22. The van der Waals surface area contributed by atoms with Gasteiger partial charge in [0.1, 0.15) is 5.82 Å². The molecule has 1 aromatic carbocycles. The lowest BCUT2D eigenvalue weighted by Gasteiger charge is -2.18. The van der Waals surface area contributed by atoms with E-state index in [-0.39, 0.29) is 6.10 Å². The molecule has 1 aliphatic rings. The fraction of sp³-hybridized carbons (Fsp3) is 0.235. The maximum atomic E-state index is 9.77. The molecule has 1 unspecified atom stereocenters. The predicted molar refractivity (Wildman–Crippen MR) is 90.8 cm³/mol. The normalized spacial score (nSPS) is 17.4. The highest BCUT2D eigenvalue weighted by atomic mass is 35.5. The van der Waals surface area contributed by atoms with Crippen molar-refractivity contribution in [2.75, 3.05) is 18.0 Å². The van der Waals surface area contributed by atoms with Crippen LogP contribution in [0.3, 0.4) is 0 Å². The van der Waals surface area contributed by atoms with E-state index < -0.39 is 0 Å². The van der Waals surface area contributed by atoms with Gasteiger partial charge in [0.2, 0.25) is 5.82 Å². The standard InChI is InChI=1S/C17H15ClN4O2/c18-12-4-1-3-11(9-12)15-20-17(24-21-15)14-5-2-7-19-16(14)22-8-6-13(23)10-22/h1-5,7,9,13,23H,6,8,10H2. The molecular formula is C17H15ClN4O2. The summed E-state index contributed by atoms with van der Waals surface area (Å²) >= 11 is 6.02. The molecule has 6 nitrogen and oxygen atoms in total. The molecule has 3 heterocycles. The summed E-state index contributed by atoms with van der Waals surface area (Å²) in [6, 6.07) is 11.0. The number of β-amino-alcohol motifs (C(OH)–C–C–N with tert-alkyl or cyclic N) is 1. The Bertz CT molecular complexity index is 867. The van der Waals surface area contributed by atoms with Gasteiger partial charge < -0.3 is 14.5 Å². The van der Waals surface area contributed by atoms with Crippen LogP contribution in [-0.4, -0.2) is 39.4 Å². The van der Waals surface area contributed by atoms with Gasteiger partial charge in [-0.25, -0.2) is 4.98 Å². The van der Waals surface area contributed by atoms with Crippen molar-refractivity contribution in [2.24, 2.45) is 0 Å².